The Kier molecular flexibility index (Phi) is 5.56. The summed E-state index contributed by atoms with van der Waals surface area (Å²) in [6.45, 7) is 3.87. The van der Waals surface area contributed by atoms with E-state index in [1.165, 1.54) is 23.2 Å². The molecule has 0 atom stereocenters. The highest BCUT2D eigenvalue weighted by Gasteiger charge is 2.53. The molecule has 1 saturated heterocycles. The van der Waals surface area contributed by atoms with Crippen LogP contribution in [0.1, 0.15) is 30.7 Å². The molecule has 8 heteroatoms. The van der Waals surface area contributed by atoms with Crippen molar-refractivity contribution < 1.29 is 14.4 Å². The molecule has 3 aromatic rings. The van der Waals surface area contributed by atoms with E-state index in [0.29, 0.717) is 28.5 Å². The molecule has 1 aromatic heterocycles. The fourth-order valence-corrected chi connectivity index (χ4v) is 4.72. The van der Waals surface area contributed by atoms with Crippen molar-refractivity contribution in [3.63, 3.8) is 0 Å². The molecule has 1 fully saturated rings. The van der Waals surface area contributed by atoms with Gasteiger partial charge in [-0.15, -0.1) is 11.3 Å². The van der Waals surface area contributed by atoms with Crippen LogP contribution in [0.4, 0.5) is 9.93 Å². The normalized spacial score (nSPS) is 15.1. The first-order valence-electron chi connectivity index (χ1n) is 9.95. The topological polar surface area (TPSA) is 82.6 Å². The van der Waals surface area contributed by atoms with Gasteiger partial charge in [0.2, 0.25) is 5.91 Å². The minimum absolute atomic E-state index is 0.0258. The van der Waals surface area contributed by atoms with Crippen molar-refractivity contribution in [2.75, 3.05) is 11.4 Å². The number of hydrogen-bond donors (Lipinski definition) is 1. The standard InChI is InChI=1S/C23H22N4O3S/c1-3-26(16(2)28)22-24-19(15-31-22)14-27-20(29)23(25-21(27)30,17-10-6-4-7-11-17)18-12-8-5-9-13-18/h4-13,15H,3,14H2,1-2H3,(H,25,30). The summed E-state index contributed by atoms with van der Waals surface area (Å²) < 4.78 is 0. The number of urea groups is 1. The van der Waals surface area contributed by atoms with Gasteiger partial charge in [-0.1, -0.05) is 60.7 Å². The second kappa shape index (κ2) is 8.31. The highest BCUT2D eigenvalue weighted by atomic mass is 32.1. The van der Waals surface area contributed by atoms with Crippen molar-refractivity contribution >= 4 is 34.3 Å². The number of nitrogens with zero attached hydrogens (tertiary/aromatic N) is 3. The Hall–Kier alpha value is -3.52. The number of thiazole rings is 1. The van der Waals surface area contributed by atoms with Gasteiger partial charge in [-0.25, -0.2) is 9.78 Å². The van der Waals surface area contributed by atoms with Gasteiger partial charge < -0.3 is 5.32 Å². The zero-order chi connectivity index (χ0) is 22.0. The molecule has 0 unspecified atom stereocenters. The van der Waals surface area contributed by atoms with Crippen LogP contribution in [-0.2, 0) is 21.7 Å². The van der Waals surface area contributed by atoms with E-state index in [4.69, 9.17) is 0 Å². The van der Waals surface area contributed by atoms with E-state index < -0.39 is 11.6 Å². The predicted octanol–water partition coefficient (Wildman–Crippen LogP) is 3.51. The number of carbonyl (C=O) groups is 3. The minimum Gasteiger partial charge on any atom is -0.315 e. The number of hydrogen-bond acceptors (Lipinski definition) is 5. The summed E-state index contributed by atoms with van der Waals surface area (Å²) in [6, 6.07) is 18.0. The summed E-state index contributed by atoms with van der Waals surface area (Å²) in [4.78, 5) is 45.7. The number of anilines is 1. The van der Waals surface area contributed by atoms with Gasteiger partial charge in [0.05, 0.1) is 12.2 Å². The van der Waals surface area contributed by atoms with E-state index in [2.05, 4.69) is 10.3 Å². The molecule has 158 valence electrons. The average molecular weight is 435 g/mol. The van der Waals surface area contributed by atoms with E-state index in [1.807, 2.05) is 67.6 Å². The van der Waals surface area contributed by atoms with E-state index in [9.17, 15) is 14.4 Å². The van der Waals surface area contributed by atoms with Crippen molar-refractivity contribution in [2.45, 2.75) is 25.9 Å². The third-order valence-electron chi connectivity index (χ3n) is 5.31. The van der Waals surface area contributed by atoms with Crippen LogP contribution in [-0.4, -0.2) is 34.3 Å². The average Bonchev–Trinajstić information content (AvgIpc) is 3.34. The molecular formula is C23H22N4O3S. The van der Waals surface area contributed by atoms with Crippen LogP contribution < -0.4 is 10.2 Å². The van der Waals surface area contributed by atoms with Crippen LogP contribution in [0.25, 0.3) is 0 Å². The Morgan fingerprint density at radius 3 is 2.16 bits per heavy atom. The van der Waals surface area contributed by atoms with Gasteiger partial charge in [0.15, 0.2) is 10.7 Å². The smallest absolute Gasteiger partial charge is 0.315 e. The maximum absolute atomic E-state index is 13.7. The van der Waals surface area contributed by atoms with Crippen LogP contribution in [0.15, 0.2) is 66.0 Å². The summed E-state index contributed by atoms with van der Waals surface area (Å²) in [5.41, 5.74) is 0.637. The van der Waals surface area contributed by atoms with E-state index >= 15 is 0 Å². The van der Waals surface area contributed by atoms with Gasteiger partial charge >= 0.3 is 6.03 Å². The molecule has 1 aliphatic rings. The second-order valence-corrected chi connectivity index (χ2v) is 8.02. The number of carbonyl (C=O) groups excluding carboxylic acids is 3. The van der Waals surface area contributed by atoms with Crippen molar-refractivity contribution in [1.82, 2.24) is 15.2 Å². The molecular weight excluding hydrogens is 412 g/mol. The SMILES string of the molecule is CCN(C(C)=O)c1nc(CN2C(=O)NC(c3ccccc3)(c3ccccc3)C2=O)cs1. The highest BCUT2D eigenvalue weighted by molar-refractivity contribution is 7.14. The minimum atomic E-state index is -1.30. The van der Waals surface area contributed by atoms with Gasteiger partial charge in [0.25, 0.3) is 5.91 Å². The van der Waals surface area contributed by atoms with Crippen molar-refractivity contribution in [3.05, 3.63) is 82.9 Å². The quantitative estimate of drug-likeness (QED) is 0.602. The summed E-state index contributed by atoms with van der Waals surface area (Å²) in [7, 11) is 0. The zero-order valence-corrected chi connectivity index (χ0v) is 18.1. The molecule has 7 nitrogen and oxygen atoms in total. The van der Waals surface area contributed by atoms with Crippen molar-refractivity contribution in [1.29, 1.82) is 0 Å². The van der Waals surface area contributed by atoms with Crippen LogP contribution >= 0.6 is 11.3 Å². The molecule has 4 rings (SSSR count). The molecule has 0 spiro atoms. The van der Waals surface area contributed by atoms with E-state index in [0.717, 1.165) is 0 Å². The largest absolute Gasteiger partial charge is 0.325 e. The van der Waals surface area contributed by atoms with Crippen LogP contribution in [0.5, 0.6) is 0 Å². The zero-order valence-electron chi connectivity index (χ0n) is 17.2. The van der Waals surface area contributed by atoms with E-state index in [-0.39, 0.29) is 18.4 Å². The van der Waals surface area contributed by atoms with Gasteiger partial charge in [-0.05, 0) is 18.1 Å². The van der Waals surface area contributed by atoms with Crippen molar-refractivity contribution in [2.24, 2.45) is 0 Å². The number of nitrogens with one attached hydrogen (secondary N) is 1. The third kappa shape index (κ3) is 3.59. The lowest BCUT2D eigenvalue weighted by molar-refractivity contribution is -0.130. The summed E-state index contributed by atoms with van der Waals surface area (Å²) >= 11 is 1.31. The van der Waals surface area contributed by atoms with Gasteiger partial charge in [0.1, 0.15) is 0 Å². The molecule has 0 aliphatic carbocycles. The van der Waals surface area contributed by atoms with Gasteiger partial charge in [-0.3, -0.25) is 19.4 Å². The molecule has 4 amide bonds. The number of amides is 4. The highest BCUT2D eigenvalue weighted by Crippen LogP contribution is 2.36. The van der Waals surface area contributed by atoms with Gasteiger partial charge in [0, 0.05) is 18.8 Å². The molecule has 2 heterocycles. The van der Waals surface area contributed by atoms with Crippen LogP contribution in [0.3, 0.4) is 0 Å². The number of imide groups is 1. The number of benzene rings is 2. The second-order valence-electron chi connectivity index (χ2n) is 7.19. The maximum atomic E-state index is 13.7. The fraction of sp³-hybridized carbons (Fsp3) is 0.217. The molecule has 1 N–H and O–H groups in total. The molecule has 0 saturated carbocycles. The molecule has 2 aromatic carbocycles. The maximum Gasteiger partial charge on any atom is 0.325 e. The lowest BCUT2D eigenvalue weighted by Gasteiger charge is -2.28. The summed E-state index contributed by atoms with van der Waals surface area (Å²) in [5.74, 6) is -0.464. The number of aromatic nitrogens is 1. The van der Waals surface area contributed by atoms with Crippen LogP contribution in [0, 0.1) is 0 Å². The lowest BCUT2D eigenvalue weighted by Crippen LogP contribution is -2.45. The number of rotatable bonds is 6. The fourth-order valence-electron chi connectivity index (χ4n) is 3.80. The molecule has 31 heavy (non-hydrogen) atoms. The Labute approximate surface area is 184 Å². The Morgan fingerprint density at radius 2 is 1.65 bits per heavy atom. The Bertz CT molecular complexity index is 1070. The first kappa shape index (κ1) is 20.7. The monoisotopic (exact) mass is 434 g/mol. The lowest BCUT2D eigenvalue weighted by atomic mass is 9.82. The Balaban J connectivity index is 1.69. The summed E-state index contributed by atoms with van der Waals surface area (Å²) in [6.07, 6.45) is 0. The first-order chi connectivity index (χ1) is 15.0. The molecule has 0 radical (unpaired) electrons. The summed E-state index contributed by atoms with van der Waals surface area (Å²) in [5, 5.41) is 5.25. The Morgan fingerprint density at radius 1 is 1.06 bits per heavy atom. The molecule has 0 bridgehead atoms. The third-order valence-corrected chi connectivity index (χ3v) is 6.22. The predicted molar refractivity (Wildman–Crippen MR) is 119 cm³/mol. The van der Waals surface area contributed by atoms with Gasteiger partial charge in [-0.2, -0.15) is 0 Å². The molecule has 1 aliphatic heterocycles. The van der Waals surface area contributed by atoms with E-state index in [1.54, 1.807) is 10.3 Å². The van der Waals surface area contributed by atoms with Crippen LogP contribution in [0.2, 0.25) is 0 Å². The first-order valence-corrected chi connectivity index (χ1v) is 10.8. The van der Waals surface area contributed by atoms with Crippen molar-refractivity contribution in [3.8, 4) is 0 Å².